The number of carbonyl (C=O) groups is 1. The van der Waals surface area contributed by atoms with Gasteiger partial charge >= 0.3 is 6.03 Å². The maximum atomic E-state index is 14.4. The van der Waals surface area contributed by atoms with E-state index in [1.165, 1.54) is 23.3 Å². The molecule has 0 spiro atoms. The molecule has 38 heavy (non-hydrogen) atoms. The van der Waals surface area contributed by atoms with Gasteiger partial charge in [-0.2, -0.15) is 0 Å². The Balaban J connectivity index is 1.22. The molecule has 0 bridgehead atoms. The monoisotopic (exact) mass is 530 g/mol. The number of nitrogens with two attached hydrogens (primary N) is 1. The number of nitrogens with zero attached hydrogens (tertiary/aromatic N) is 5. The first kappa shape index (κ1) is 27.6. The fourth-order valence-electron chi connectivity index (χ4n) is 4.49. The van der Waals surface area contributed by atoms with Crippen molar-refractivity contribution in [3.05, 3.63) is 42.2 Å². The van der Waals surface area contributed by atoms with Crippen LogP contribution in [0.4, 0.5) is 20.7 Å². The number of anilines is 2. The molecule has 6 N–H and O–H groups in total. The lowest BCUT2D eigenvalue weighted by Crippen LogP contribution is -2.39. The molecule has 1 fully saturated rings. The van der Waals surface area contributed by atoms with Gasteiger partial charge < -0.3 is 36.2 Å². The van der Waals surface area contributed by atoms with E-state index in [9.17, 15) is 19.4 Å². The standard InChI is InChI=1S/C25H35FN8O4/c1-25(2,3)15-7-6-14(10-16(15)26)32-24(37)28-8-5-9-33(4)11-17-19(35)20(36)23(38-17)34-13-31-18-21(27)29-12-30-22(18)34/h6-7,10,12-13,17,19-20,23,35-36H,5,8-9,11H2,1-4H3,(H2,27,29,30)(H2,28,32,37)/t17?,19-,20-,23-/m1/s1. The highest BCUT2D eigenvalue weighted by molar-refractivity contribution is 5.89. The average molecular weight is 531 g/mol. The van der Waals surface area contributed by atoms with Crippen LogP contribution in [0.1, 0.15) is 39.0 Å². The summed E-state index contributed by atoms with van der Waals surface area (Å²) in [5.74, 6) is -0.148. The van der Waals surface area contributed by atoms with Crippen LogP contribution < -0.4 is 16.4 Å². The minimum absolute atomic E-state index is 0.214. The van der Waals surface area contributed by atoms with Gasteiger partial charge in [0.2, 0.25) is 0 Å². The summed E-state index contributed by atoms with van der Waals surface area (Å²) >= 11 is 0. The van der Waals surface area contributed by atoms with Crippen LogP contribution >= 0.6 is 0 Å². The number of halogens is 1. The summed E-state index contributed by atoms with van der Waals surface area (Å²) in [5, 5.41) is 26.6. The summed E-state index contributed by atoms with van der Waals surface area (Å²) in [4.78, 5) is 26.4. The van der Waals surface area contributed by atoms with E-state index in [0.717, 1.165) is 0 Å². The van der Waals surface area contributed by atoms with Gasteiger partial charge in [-0.25, -0.2) is 24.1 Å². The zero-order valence-corrected chi connectivity index (χ0v) is 21.9. The zero-order valence-electron chi connectivity index (χ0n) is 21.9. The second-order valence-corrected chi connectivity index (χ2v) is 10.6. The Hall–Kier alpha value is -3.39. The number of urea groups is 1. The molecule has 4 rings (SSSR count). The summed E-state index contributed by atoms with van der Waals surface area (Å²) < 4.78 is 21.9. The highest BCUT2D eigenvalue weighted by Crippen LogP contribution is 2.32. The molecule has 0 aliphatic carbocycles. The molecule has 206 valence electrons. The second-order valence-electron chi connectivity index (χ2n) is 10.6. The van der Waals surface area contributed by atoms with Gasteiger partial charge in [-0.3, -0.25) is 4.57 Å². The number of likely N-dealkylation sites (N-methyl/N-ethyl adjacent to an activating group) is 1. The lowest BCUT2D eigenvalue weighted by Gasteiger charge is -2.23. The number of ether oxygens (including phenoxy) is 1. The molecule has 1 saturated heterocycles. The summed E-state index contributed by atoms with van der Waals surface area (Å²) in [6, 6.07) is 4.25. The van der Waals surface area contributed by atoms with E-state index in [0.29, 0.717) is 48.5 Å². The largest absolute Gasteiger partial charge is 0.387 e. The Morgan fingerprint density at radius 3 is 2.71 bits per heavy atom. The Morgan fingerprint density at radius 1 is 1.24 bits per heavy atom. The number of hydrogen-bond donors (Lipinski definition) is 5. The summed E-state index contributed by atoms with van der Waals surface area (Å²) in [5.41, 5.74) is 7.26. The highest BCUT2D eigenvalue weighted by atomic mass is 19.1. The maximum Gasteiger partial charge on any atom is 0.319 e. The van der Waals surface area contributed by atoms with Gasteiger partial charge in [0.15, 0.2) is 17.7 Å². The minimum Gasteiger partial charge on any atom is -0.387 e. The van der Waals surface area contributed by atoms with Crippen molar-refractivity contribution >= 4 is 28.7 Å². The summed E-state index contributed by atoms with van der Waals surface area (Å²) in [6.45, 7) is 7.12. The SMILES string of the molecule is CN(CCCNC(=O)Nc1ccc(C(C)(C)C)c(F)c1)CC1O[C@@H](n2cnc3c(N)ncnc32)[C@H](O)[C@@H]1O. The van der Waals surface area contributed by atoms with Crippen molar-refractivity contribution in [3.8, 4) is 0 Å². The number of hydrogen-bond acceptors (Lipinski definition) is 9. The van der Waals surface area contributed by atoms with Crippen molar-refractivity contribution < 1.29 is 24.1 Å². The van der Waals surface area contributed by atoms with Crippen LogP contribution in [0.2, 0.25) is 0 Å². The van der Waals surface area contributed by atoms with Crippen molar-refractivity contribution in [2.24, 2.45) is 0 Å². The fourth-order valence-corrected chi connectivity index (χ4v) is 4.49. The molecule has 1 aliphatic rings. The van der Waals surface area contributed by atoms with E-state index in [1.54, 1.807) is 12.1 Å². The highest BCUT2D eigenvalue weighted by Gasteiger charge is 2.44. The van der Waals surface area contributed by atoms with E-state index in [4.69, 9.17) is 10.5 Å². The van der Waals surface area contributed by atoms with Gasteiger partial charge in [-0.1, -0.05) is 26.8 Å². The number of imidazole rings is 1. The topological polar surface area (TPSA) is 164 Å². The Kier molecular flexibility index (Phi) is 8.11. The molecule has 3 aromatic rings. The number of nitrogens with one attached hydrogen (secondary N) is 2. The number of benzene rings is 1. The van der Waals surface area contributed by atoms with Crippen molar-refractivity contribution in [2.75, 3.05) is 37.7 Å². The number of aromatic nitrogens is 4. The van der Waals surface area contributed by atoms with Crippen LogP contribution in [-0.2, 0) is 10.2 Å². The number of rotatable bonds is 8. The number of fused-ring (bicyclic) bond motifs is 1. The number of amides is 2. The van der Waals surface area contributed by atoms with Crippen molar-refractivity contribution in [3.63, 3.8) is 0 Å². The Bertz CT molecular complexity index is 1280. The van der Waals surface area contributed by atoms with Crippen LogP contribution in [0, 0.1) is 5.82 Å². The van der Waals surface area contributed by atoms with Gasteiger partial charge in [-0.15, -0.1) is 0 Å². The fraction of sp³-hybridized carbons (Fsp3) is 0.520. The van der Waals surface area contributed by atoms with Gasteiger partial charge in [-0.05, 0) is 43.1 Å². The Morgan fingerprint density at radius 2 is 2.00 bits per heavy atom. The predicted octanol–water partition coefficient (Wildman–Crippen LogP) is 1.61. The number of carbonyl (C=O) groups excluding carboxylic acids is 1. The molecule has 3 heterocycles. The first-order chi connectivity index (χ1) is 18.0. The van der Waals surface area contributed by atoms with E-state index >= 15 is 0 Å². The molecule has 12 nitrogen and oxygen atoms in total. The third-order valence-corrected chi connectivity index (χ3v) is 6.53. The van der Waals surface area contributed by atoms with Gasteiger partial charge in [0.05, 0.1) is 6.33 Å². The van der Waals surface area contributed by atoms with E-state index in [-0.39, 0.29) is 17.1 Å². The van der Waals surface area contributed by atoms with E-state index < -0.39 is 30.6 Å². The first-order valence-corrected chi connectivity index (χ1v) is 12.4. The third-order valence-electron chi connectivity index (χ3n) is 6.53. The first-order valence-electron chi connectivity index (χ1n) is 12.4. The molecule has 1 unspecified atom stereocenters. The lowest BCUT2D eigenvalue weighted by molar-refractivity contribution is -0.0421. The van der Waals surface area contributed by atoms with Crippen LogP contribution in [-0.4, -0.2) is 85.7 Å². The quantitative estimate of drug-likeness (QED) is 0.272. The normalized spacial score (nSPS) is 21.8. The number of aliphatic hydroxyl groups excluding tert-OH is 2. The number of nitrogen functional groups attached to an aromatic ring is 1. The number of aliphatic hydroxyl groups is 2. The van der Waals surface area contributed by atoms with Crippen molar-refractivity contribution in [2.45, 2.75) is 57.1 Å². The van der Waals surface area contributed by atoms with Gasteiger partial charge in [0, 0.05) is 18.8 Å². The molecule has 1 aliphatic heterocycles. The van der Waals surface area contributed by atoms with E-state index in [2.05, 4.69) is 25.6 Å². The third kappa shape index (κ3) is 6.01. The molecule has 0 radical (unpaired) electrons. The smallest absolute Gasteiger partial charge is 0.319 e. The molecule has 4 atom stereocenters. The van der Waals surface area contributed by atoms with Crippen molar-refractivity contribution in [1.29, 1.82) is 0 Å². The van der Waals surface area contributed by atoms with Crippen molar-refractivity contribution in [1.82, 2.24) is 29.7 Å². The summed E-state index contributed by atoms with van der Waals surface area (Å²) in [6.07, 6.45) is -0.462. The van der Waals surface area contributed by atoms with Crippen LogP contribution in [0.3, 0.4) is 0 Å². The molecule has 0 saturated carbocycles. The molecule has 1 aromatic carbocycles. The lowest BCUT2D eigenvalue weighted by atomic mass is 9.86. The molecule has 2 amide bonds. The molecule has 13 heteroatoms. The van der Waals surface area contributed by atoms with Crippen LogP contribution in [0.15, 0.2) is 30.9 Å². The van der Waals surface area contributed by atoms with Gasteiger partial charge in [0.1, 0.15) is 36.0 Å². The minimum atomic E-state index is -1.19. The van der Waals surface area contributed by atoms with Crippen LogP contribution in [0.5, 0.6) is 0 Å². The van der Waals surface area contributed by atoms with Crippen LogP contribution in [0.25, 0.3) is 11.2 Å². The molecular formula is C25H35FN8O4. The maximum absolute atomic E-state index is 14.4. The predicted molar refractivity (Wildman–Crippen MR) is 140 cm³/mol. The average Bonchev–Trinajstić information content (AvgIpc) is 3.38. The molecular weight excluding hydrogens is 495 g/mol. The second kappa shape index (κ2) is 11.2. The van der Waals surface area contributed by atoms with Gasteiger partial charge in [0.25, 0.3) is 0 Å². The Labute approximate surface area is 220 Å². The van der Waals surface area contributed by atoms with E-state index in [1.807, 2.05) is 32.7 Å². The zero-order chi connectivity index (χ0) is 27.6. The summed E-state index contributed by atoms with van der Waals surface area (Å²) in [7, 11) is 1.86. The molecule has 2 aromatic heterocycles.